The lowest BCUT2D eigenvalue weighted by molar-refractivity contribution is 0.100. The monoisotopic (exact) mass is 307 g/mol. The van der Waals surface area contributed by atoms with Gasteiger partial charge < -0.3 is 0 Å². The van der Waals surface area contributed by atoms with Crippen molar-refractivity contribution in [1.29, 1.82) is 0 Å². The fourth-order valence-corrected chi connectivity index (χ4v) is 2.55. The molecule has 0 saturated heterocycles. The topological polar surface area (TPSA) is 29.4 Å². The molecule has 3 aromatic carbocycles. The molecule has 0 aromatic heterocycles. The molecule has 3 rings (SSSR count). The molecule has 0 aliphatic carbocycles. The SMILES string of the molecule is O=C(CC=Nc1ccccc1Cl)c1cccc2ccccc12. The van der Waals surface area contributed by atoms with Gasteiger partial charge in [0.05, 0.1) is 10.7 Å². The minimum Gasteiger partial charge on any atom is -0.294 e. The van der Waals surface area contributed by atoms with E-state index < -0.39 is 0 Å². The van der Waals surface area contributed by atoms with Crippen molar-refractivity contribution >= 4 is 40.1 Å². The Morgan fingerprint density at radius 2 is 1.68 bits per heavy atom. The van der Waals surface area contributed by atoms with Gasteiger partial charge in [-0.2, -0.15) is 0 Å². The van der Waals surface area contributed by atoms with E-state index in [1.807, 2.05) is 60.7 Å². The van der Waals surface area contributed by atoms with Crippen LogP contribution in [-0.2, 0) is 0 Å². The van der Waals surface area contributed by atoms with E-state index in [2.05, 4.69) is 4.99 Å². The quantitative estimate of drug-likeness (QED) is 0.464. The molecule has 0 atom stereocenters. The number of carbonyl (C=O) groups is 1. The summed E-state index contributed by atoms with van der Waals surface area (Å²) in [7, 11) is 0. The number of nitrogens with zero attached hydrogens (tertiary/aromatic N) is 1. The fourth-order valence-electron chi connectivity index (χ4n) is 2.36. The summed E-state index contributed by atoms with van der Waals surface area (Å²) >= 11 is 6.04. The van der Waals surface area contributed by atoms with E-state index in [0.29, 0.717) is 10.7 Å². The number of para-hydroxylation sites is 1. The van der Waals surface area contributed by atoms with Crippen molar-refractivity contribution in [2.45, 2.75) is 6.42 Å². The highest BCUT2D eigenvalue weighted by molar-refractivity contribution is 6.33. The number of halogens is 1. The van der Waals surface area contributed by atoms with Gasteiger partial charge in [-0.3, -0.25) is 9.79 Å². The summed E-state index contributed by atoms with van der Waals surface area (Å²) in [5, 5.41) is 2.62. The summed E-state index contributed by atoms with van der Waals surface area (Å²) in [5.41, 5.74) is 1.40. The second-order valence-electron chi connectivity index (χ2n) is 4.92. The van der Waals surface area contributed by atoms with Crippen molar-refractivity contribution in [3.63, 3.8) is 0 Å². The van der Waals surface area contributed by atoms with Crippen molar-refractivity contribution in [2.24, 2.45) is 4.99 Å². The number of hydrogen-bond acceptors (Lipinski definition) is 2. The minimum absolute atomic E-state index is 0.0487. The molecule has 0 spiro atoms. The Kier molecular flexibility index (Phi) is 4.31. The van der Waals surface area contributed by atoms with Crippen LogP contribution in [0.15, 0.2) is 71.7 Å². The maximum atomic E-state index is 12.4. The van der Waals surface area contributed by atoms with Gasteiger partial charge in [-0.05, 0) is 22.9 Å². The lowest BCUT2D eigenvalue weighted by Crippen LogP contribution is -2.00. The maximum Gasteiger partial charge on any atom is 0.168 e. The molecule has 0 aliphatic heterocycles. The van der Waals surface area contributed by atoms with E-state index in [1.54, 1.807) is 12.3 Å². The summed E-state index contributed by atoms with van der Waals surface area (Å²) in [6.07, 6.45) is 1.87. The highest BCUT2D eigenvalue weighted by atomic mass is 35.5. The number of benzene rings is 3. The zero-order chi connectivity index (χ0) is 15.4. The molecule has 0 unspecified atom stereocenters. The van der Waals surface area contributed by atoms with Crippen molar-refractivity contribution < 1.29 is 4.79 Å². The summed E-state index contributed by atoms with van der Waals surface area (Å²) in [6.45, 7) is 0. The largest absolute Gasteiger partial charge is 0.294 e. The Labute approximate surface area is 134 Å². The number of Topliss-reactive ketones (excluding diaryl/α,β-unsaturated/α-hetero) is 1. The highest BCUT2D eigenvalue weighted by Gasteiger charge is 2.08. The molecule has 3 aromatic rings. The predicted octanol–water partition coefficient (Wildman–Crippen LogP) is 5.47. The number of carbonyl (C=O) groups excluding carboxylic acids is 1. The first-order chi connectivity index (χ1) is 10.8. The van der Waals surface area contributed by atoms with Gasteiger partial charge in [0.25, 0.3) is 0 Å². The van der Waals surface area contributed by atoms with Gasteiger partial charge in [0.15, 0.2) is 5.78 Å². The van der Waals surface area contributed by atoms with Crippen LogP contribution in [0.4, 0.5) is 5.69 Å². The standard InChI is InChI=1S/C19H14ClNO/c20-17-10-3-4-11-18(17)21-13-12-19(22)16-9-5-7-14-6-1-2-8-15(14)16/h1-11,13H,12H2. The number of hydrogen-bond donors (Lipinski definition) is 0. The van der Waals surface area contributed by atoms with Crippen LogP contribution in [0.2, 0.25) is 5.02 Å². The minimum atomic E-state index is 0.0487. The van der Waals surface area contributed by atoms with Crippen LogP contribution in [0.25, 0.3) is 10.8 Å². The van der Waals surface area contributed by atoms with Gasteiger partial charge in [0, 0.05) is 18.2 Å². The highest BCUT2D eigenvalue weighted by Crippen LogP contribution is 2.23. The van der Waals surface area contributed by atoms with Crippen molar-refractivity contribution in [1.82, 2.24) is 0 Å². The first-order valence-electron chi connectivity index (χ1n) is 7.04. The Hall–Kier alpha value is -2.45. The third-order valence-electron chi connectivity index (χ3n) is 3.45. The maximum absolute atomic E-state index is 12.4. The summed E-state index contributed by atoms with van der Waals surface area (Å²) in [6, 6.07) is 21.0. The molecule has 0 heterocycles. The number of rotatable bonds is 4. The summed E-state index contributed by atoms with van der Waals surface area (Å²) in [5.74, 6) is 0.0487. The lowest BCUT2D eigenvalue weighted by Gasteiger charge is -2.04. The molecule has 0 radical (unpaired) electrons. The zero-order valence-electron chi connectivity index (χ0n) is 11.9. The van der Waals surface area contributed by atoms with Crippen LogP contribution >= 0.6 is 11.6 Å². The third-order valence-corrected chi connectivity index (χ3v) is 3.77. The molecule has 0 amide bonds. The van der Waals surface area contributed by atoms with Gasteiger partial charge >= 0.3 is 0 Å². The molecule has 0 saturated carbocycles. The van der Waals surface area contributed by atoms with Gasteiger partial charge in [0.1, 0.15) is 0 Å². The molecule has 0 bridgehead atoms. The molecule has 22 heavy (non-hydrogen) atoms. The van der Waals surface area contributed by atoms with Crippen LogP contribution < -0.4 is 0 Å². The lowest BCUT2D eigenvalue weighted by atomic mass is 10.0. The molecular formula is C19H14ClNO. The van der Waals surface area contributed by atoms with Crippen LogP contribution in [0, 0.1) is 0 Å². The zero-order valence-corrected chi connectivity index (χ0v) is 12.6. The Bertz CT molecular complexity index is 849. The first-order valence-corrected chi connectivity index (χ1v) is 7.41. The van der Waals surface area contributed by atoms with Gasteiger partial charge in [-0.25, -0.2) is 0 Å². The summed E-state index contributed by atoms with van der Waals surface area (Å²) in [4.78, 5) is 16.7. The molecule has 0 fully saturated rings. The summed E-state index contributed by atoms with van der Waals surface area (Å²) < 4.78 is 0. The van der Waals surface area contributed by atoms with Crippen LogP contribution in [-0.4, -0.2) is 12.0 Å². The predicted molar refractivity (Wildman–Crippen MR) is 92.5 cm³/mol. The second kappa shape index (κ2) is 6.54. The molecule has 3 heteroatoms. The molecule has 108 valence electrons. The first kappa shape index (κ1) is 14.5. The van der Waals surface area contributed by atoms with Gasteiger partial charge in [-0.1, -0.05) is 66.2 Å². The van der Waals surface area contributed by atoms with Crippen molar-refractivity contribution in [2.75, 3.05) is 0 Å². The van der Waals surface area contributed by atoms with E-state index in [4.69, 9.17) is 11.6 Å². The van der Waals surface area contributed by atoms with Crippen molar-refractivity contribution in [3.05, 3.63) is 77.3 Å². The normalized spacial score (nSPS) is 11.1. The van der Waals surface area contributed by atoms with E-state index in [0.717, 1.165) is 16.3 Å². The average molecular weight is 308 g/mol. The van der Waals surface area contributed by atoms with E-state index in [9.17, 15) is 4.79 Å². The second-order valence-corrected chi connectivity index (χ2v) is 5.32. The third kappa shape index (κ3) is 3.07. The van der Waals surface area contributed by atoms with Crippen LogP contribution in [0.5, 0.6) is 0 Å². The number of fused-ring (bicyclic) bond motifs is 1. The van der Waals surface area contributed by atoms with Crippen LogP contribution in [0.3, 0.4) is 0 Å². The van der Waals surface area contributed by atoms with E-state index >= 15 is 0 Å². The molecular weight excluding hydrogens is 294 g/mol. The molecule has 0 N–H and O–H groups in total. The smallest absolute Gasteiger partial charge is 0.168 e. The van der Waals surface area contributed by atoms with Gasteiger partial charge in [-0.15, -0.1) is 0 Å². The van der Waals surface area contributed by atoms with E-state index in [-0.39, 0.29) is 12.2 Å². The van der Waals surface area contributed by atoms with Crippen molar-refractivity contribution in [3.8, 4) is 0 Å². The Balaban J connectivity index is 1.81. The average Bonchev–Trinajstić information content (AvgIpc) is 2.56. The fraction of sp³-hybridized carbons (Fsp3) is 0.0526. The number of aliphatic imine (C=N–C) groups is 1. The van der Waals surface area contributed by atoms with E-state index in [1.165, 1.54) is 0 Å². The number of ketones is 1. The molecule has 2 nitrogen and oxygen atoms in total. The van der Waals surface area contributed by atoms with Gasteiger partial charge in [0.2, 0.25) is 0 Å². The van der Waals surface area contributed by atoms with Crippen LogP contribution in [0.1, 0.15) is 16.8 Å². The Morgan fingerprint density at radius 3 is 2.55 bits per heavy atom. The Morgan fingerprint density at radius 1 is 0.955 bits per heavy atom. The molecule has 0 aliphatic rings.